The first-order valence-electron chi connectivity index (χ1n) is 5.76. The Hall–Kier alpha value is -1.36. The molecule has 1 aromatic heterocycles. The predicted molar refractivity (Wildman–Crippen MR) is 77.7 cm³/mol. The summed E-state index contributed by atoms with van der Waals surface area (Å²) in [7, 11) is 0. The van der Waals surface area contributed by atoms with Crippen molar-refractivity contribution in [1.82, 2.24) is 9.97 Å². The Bertz CT molecular complexity index is 560. The van der Waals surface area contributed by atoms with Gasteiger partial charge >= 0.3 is 0 Å². The Morgan fingerprint density at radius 1 is 1.21 bits per heavy atom. The molecule has 2 aromatic rings. The number of aromatic nitrogens is 2. The highest BCUT2D eigenvalue weighted by Gasteiger charge is 2.07. The summed E-state index contributed by atoms with van der Waals surface area (Å²) in [5.41, 5.74) is 1.60. The van der Waals surface area contributed by atoms with Crippen LogP contribution in [0.3, 0.4) is 0 Å². The molecule has 0 fully saturated rings. The molecule has 19 heavy (non-hydrogen) atoms. The van der Waals surface area contributed by atoms with Gasteiger partial charge in [0.2, 0.25) is 5.28 Å². The van der Waals surface area contributed by atoms with E-state index >= 15 is 0 Å². The van der Waals surface area contributed by atoms with Crippen LogP contribution in [0.5, 0.6) is 0 Å². The van der Waals surface area contributed by atoms with Crippen LogP contribution in [0.15, 0.2) is 30.3 Å². The SMILES string of the molecule is CC(CO)Nc1cc(-c2ccc(Cl)cc2)nc(Cl)n1. The molecule has 0 aliphatic carbocycles. The fourth-order valence-electron chi connectivity index (χ4n) is 1.56. The second-order valence-electron chi connectivity index (χ2n) is 4.14. The molecule has 0 saturated carbocycles. The topological polar surface area (TPSA) is 58.0 Å². The van der Waals surface area contributed by atoms with Crippen LogP contribution in [0.25, 0.3) is 11.3 Å². The van der Waals surface area contributed by atoms with Crippen LogP contribution in [0.4, 0.5) is 5.82 Å². The number of benzene rings is 1. The molecule has 0 amide bonds. The number of halogens is 2. The van der Waals surface area contributed by atoms with Crippen LogP contribution >= 0.6 is 23.2 Å². The van der Waals surface area contributed by atoms with Gasteiger partial charge in [-0.1, -0.05) is 23.7 Å². The monoisotopic (exact) mass is 297 g/mol. The van der Waals surface area contributed by atoms with Gasteiger partial charge in [0.05, 0.1) is 12.3 Å². The zero-order chi connectivity index (χ0) is 13.8. The maximum Gasteiger partial charge on any atom is 0.224 e. The summed E-state index contributed by atoms with van der Waals surface area (Å²) < 4.78 is 0. The molecule has 100 valence electrons. The van der Waals surface area contributed by atoms with Gasteiger partial charge in [-0.2, -0.15) is 0 Å². The van der Waals surface area contributed by atoms with Gasteiger partial charge in [0.25, 0.3) is 0 Å². The molecule has 1 aromatic carbocycles. The number of aliphatic hydroxyl groups is 1. The molecule has 0 bridgehead atoms. The average Bonchev–Trinajstić information content (AvgIpc) is 2.38. The second-order valence-corrected chi connectivity index (χ2v) is 4.92. The highest BCUT2D eigenvalue weighted by molar-refractivity contribution is 6.30. The maximum absolute atomic E-state index is 9.03. The fourth-order valence-corrected chi connectivity index (χ4v) is 1.87. The van der Waals surface area contributed by atoms with Crippen molar-refractivity contribution in [3.63, 3.8) is 0 Å². The quantitative estimate of drug-likeness (QED) is 0.851. The Balaban J connectivity index is 2.33. The third-order valence-electron chi connectivity index (χ3n) is 2.51. The molecule has 0 spiro atoms. The van der Waals surface area contributed by atoms with Crippen LogP contribution in [0, 0.1) is 0 Å². The van der Waals surface area contributed by atoms with E-state index in [1.54, 1.807) is 18.2 Å². The van der Waals surface area contributed by atoms with Crippen LogP contribution in [-0.4, -0.2) is 27.7 Å². The third-order valence-corrected chi connectivity index (χ3v) is 2.93. The van der Waals surface area contributed by atoms with Crippen LogP contribution in [-0.2, 0) is 0 Å². The van der Waals surface area contributed by atoms with E-state index in [1.165, 1.54) is 0 Å². The van der Waals surface area contributed by atoms with Gasteiger partial charge in [0.1, 0.15) is 5.82 Å². The Kier molecular flexibility index (Phi) is 4.58. The van der Waals surface area contributed by atoms with E-state index in [2.05, 4.69) is 15.3 Å². The number of anilines is 1. The van der Waals surface area contributed by atoms with Gasteiger partial charge in [0, 0.05) is 22.7 Å². The van der Waals surface area contributed by atoms with E-state index in [4.69, 9.17) is 28.3 Å². The first-order valence-corrected chi connectivity index (χ1v) is 6.52. The lowest BCUT2D eigenvalue weighted by molar-refractivity contribution is 0.281. The lowest BCUT2D eigenvalue weighted by atomic mass is 10.1. The van der Waals surface area contributed by atoms with Gasteiger partial charge in [-0.15, -0.1) is 0 Å². The fraction of sp³-hybridized carbons (Fsp3) is 0.231. The Labute approximate surface area is 121 Å². The average molecular weight is 298 g/mol. The standard InChI is InChI=1S/C13H13Cl2N3O/c1-8(7-19)16-12-6-11(17-13(15)18-12)9-2-4-10(14)5-3-9/h2-6,8,19H,7H2,1H3,(H,16,17,18). The molecule has 2 N–H and O–H groups in total. The zero-order valence-electron chi connectivity index (χ0n) is 10.3. The van der Waals surface area contributed by atoms with Crippen molar-refractivity contribution in [3.8, 4) is 11.3 Å². The summed E-state index contributed by atoms with van der Waals surface area (Å²) in [4.78, 5) is 8.25. The molecule has 4 nitrogen and oxygen atoms in total. The molecular formula is C13H13Cl2N3O. The van der Waals surface area contributed by atoms with Crippen LogP contribution < -0.4 is 5.32 Å². The van der Waals surface area contributed by atoms with Crippen molar-refractivity contribution < 1.29 is 5.11 Å². The Morgan fingerprint density at radius 2 is 1.89 bits per heavy atom. The summed E-state index contributed by atoms with van der Waals surface area (Å²) in [6, 6.07) is 8.97. The van der Waals surface area contributed by atoms with Crippen LogP contribution in [0.2, 0.25) is 10.3 Å². The predicted octanol–water partition coefficient (Wildman–Crippen LogP) is 3.24. The van der Waals surface area contributed by atoms with E-state index in [9.17, 15) is 0 Å². The van der Waals surface area contributed by atoms with Crippen molar-refractivity contribution in [3.05, 3.63) is 40.6 Å². The lowest BCUT2D eigenvalue weighted by Crippen LogP contribution is -2.20. The molecule has 6 heteroatoms. The summed E-state index contributed by atoms with van der Waals surface area (Å²) in [6.45, 7) is 1.86. The maximum atomic E-state index is 9.03. The molecule has 0 saturated heterocycles. The zero-order valence-corrected chi connectivity index (χ0v) is 11.8. The van der Waals surface area contributed by atoms with E-state index in [0.717, 1.165) is 5.56 Å². The number of nitrogens with zero attached hydrogens (tertiary/aromatic N) is 2. The van der Waals surface area contributed by atoms with Gasteiger partial charge in [0.15, 0.2) is 0 Å². The second kappa shape index (κ2) is 6.19. The van der Waals surface area contributed by atoms with E-state index in [0.29, 0.717) is 16.5 Å². The summed E-state index contributed by atoms with van der Waals surface area (Å²) in [5, 5.41) is 12.9. The minimum absolute atomic E-state index is 0.0118. The highest BCUT2D eigenvalue weighted by Crippen LogP contribution is 2.23. The largest absolute Gasteiger partial charge is 0.394 e. The minimum atomic E-state index is -0.107. The van der Waals surface area contributed by atoms with E-state index < -0.39 is 0 Å². The molecule has 1 atom stereocenters. The molecule has 0 aliphatic rings. The van der Waals surface area contributed by atoms with Gasteiger partial charge in [-0.3, -0.25) is 0 Å². The smallest absolute Gasteiger partial charge is 0.224 e. The summed E-state index contributed by atoms with van der Waals surface area (Å²) >= 11 is 11.8. The third kappa shape index (κ3) is 3.80. The lowest BCUT2D eigenvalue weighted by Gasteiger charge is -2.12. The van der Waals surface area contributed by atoms with Crippen molar-refractivity contribution in [2.45, 2.75) is 13.0 Å². The van der Waals surface area contributed by atoms with E-state index in [-0.39, 0.29) is 17.9 Å². The van der Waals surface area contributed by atoms with Crippen LogP contribution in [0.1, 0.15) is 6.92 Å². The van der Waals surface area contributed by atoms with E-state index in [1.807, 2.05) is 19.1 Å². The number of hydrogen-bond acceptors (Lipinski definition) is 4. The summed E-state index contributed by atoms with van der Waals surface area (Å²) in [5.74, 6) is 0.575. The molecule has 1 unspecified atom stereocenters. The first kappa shape index (κ1) is 14.1. The minimum Gasteiger partial charge on any atom is -0.394 e. The molecular weight excluding hydrogens is 285 g/mol. The van der Waals surface area contributed by atoms with Gasteiger partial charge < -0.3 is 10.4 Å². The highest BCUT2D eigenvalue weighted by atomic mass is 35.5. The summed E-state index contributed by atoms with van der Waals surface area (Å²) in [6.07, 6.45) is 0. The molecule has 0 radical (unpaired) electrons. The van der Waals surface area contributed by atoms with Crippen molar-refractivity contribution >= 4 is 29.0 Å². The van der Waals surface area contributed by atoms with Gasteiger partial charge in [-0.25, -0.2) is 9.97 Å². The number of hydrogen-bond donors (Lipinski definition) is 2. The Morgan fingerprint density at radius 3 is 2.53 bits per heavy atom. The van der Waals surface area contributed by atoms with Gasteiger partial charge in [-0.05, 0) is 30.7 Å². The number of aliphatic hydroxyl groups excluding tert-OH is 1. The molecule has 1 heterocycles. The normalized spacial score (nSPS) is 12.2. The van der Waals surface area contributed by atoms with Crippen molar-refractivity contribution in [1.29, 1.82) is 0 Å². The molecule has 0 aliphatic heterocycles. The van der Waals surface area contributed by atoms with Crippen molar-refractivity contribution in [2.75, 3.05) is 11.9 Å². The van der Waals surface area contributed by atoms with Crippen molar-refractivity contribution in [2.24, 2.45) is 0 Å². The number of nitrogens with one attached hydrogen (secondary N) is 1. The first-order chi connectivity index (χ1) is 9.08. The molecule has 2 rings (SSSR count). The number of rotatable bonds is 4.